The molecule has 0 bridgehead atoms. The van der Waals surface area contributed by atoms with E-state index in [0.717, 1.165) is 12.8 Å². The van der Waals surface area contributed by atoms with E-state index in [2.05, 4.69) is 0 Å². The van der Waals surface area contributed by atoms with Crippen molar-refractivity contribution in [3.05, 3.63) is 34.6 Å². The Bertz CT molecular complexity index is 418. The molecular formula is C12H14ClFN2O. The SMILES string of the molecule is N[C@H]1CCCN(C(=O)c2c(F)cccc2Cl)C1. The first kappa shape index (κ1) is 12.3. The number of rotatable bonds is 1. The lowest BCUT2D eigenvalue weighted by Crippen LogP contribution is -2.46. The summed E-state index contributed by atoms with van der Waals surface area (Å²) in [5, 5.41) is 0.147. The van der Waals surface area contributed by atoms with Crippen molar-refractivity contribution in [1.29, 1.82) is 0 Å². The predicted molar refractivity (Wildman–Crippen MR) is 64.5 cm³/mol. The van der Waals surface area contributed by atoms with Crippen LogP contribution in [0.3, 0.4) is 0 Å². The maximum atomic E-state index is 13.6. The van der Waals surface area contributed by atoms with Crippen LogP contribution in [0.4, 0.5) is 4.39 Å². The van der Waals surface area contributed by atoms with E-state index >= 15 is 0 Å². The minimum Gasteiger partial charge on any atom is -0.337 e. The van der Waals surface area contributed by atoms with E-state index in [1.807, 2.05) is 0 Å². The zero-order valence-corrected chi connectivity index (χ0v) is 10.1. The van der Waals surface area contributed by atoms with Crippen molar-refractivity contribution in [3.63, 3.8) is 0 Å². The van der Waals surface area contributed by atoms with Crippen LogP contribution in [0.2, 0.25) is 5.02 Å². The number of nitrogens with zero attached hydrogens (tertiary/aromatic N) is 1. The molecule has 0 aliphatic carbocycles. The van der Waals surface area contributed by atoms with E-state index in [0.29, 0.717) is 13.1 Å². The molecule has 1 aliphatic rings. The summed E-state index contributed by atoms with van der Waals surface area (Å²) in [6.45, 7) is 1.07. The number of hydrogen-bond acceptors (Lipinski definition) is 2. The molecule has 1 aromatic rings. The highest BCUT2D eigenvalue weighted by Crippen LogP contribution is 2.22. The summed E-state index contributed by atoms with van der Waals surface area (Å²) in [5.74, 6) is -0.954. The zero-order valence-electron chi connectivity index (χ0n) is 9.33. The third-order valence-corrected chi connectivity index (χ3v) is 3.24. The van der Waals surface area contributed by atoms with Crippen molar-refractivity contribution >= 4 is 17.5 Å². The third-order valence-electron chi connectivity index (χ3n) is 2.92. The van der Waals surface area contributed by atoms with Gasteiger partial charge in [-0.25, -0.2) is 4.39 Å². The fourth-order valence-electron chi connectivity index (χ4n) is 2.05. The second-order valence-corrected chi connectivity index (χ2v) is 4.66. The van der Waals surface area contributed by atoms with E-state index in [1.54, 1.807) is 4.90 Å². The van der Waals surface area contributed by atoms with Crippen molar-refractivity contribution in [2.24, 2.45) is 5.73 Å². The van der Waals surface area contributed by atoms with Gasteiger partial charge in [0.05, 0.1) is 10.6 Å². The molecule has 1 atom stereocenters. The quantitative estimate of drug-likeness (QED) is 0.836. The first-order chi connectivity index (χ1) is 8.09. The highest BCUT2D eigenvalue weighted by molar-refractivity contribution is 6.33. The number of benzene rings is 1. The number of nitrogens with two attached hydrogens (primary N) is 1. The normalized spacial score (nSPS) is 20.4. The van der Waals surface area contributed by atoms with Crippen LogP contribution >= 0.6 is 11.6 Å². The van der Waals surface area contributed by atoms with Gasteiger partial charge < -0.3 is 10.6 Å². The summed E-state index contributed by atoms with van der Waals surface area (Å²) >= 11 is 5.86. The Balaban J connectivity index is 2.24. The summed E-state index contributed by atoms with van der Waals surface area (Å²) in [6, 6.07) is 4.21. The van der Waals surface area contributed by atoms with Gasteiger partial charge in [0, 0.05) is 19.1 Å². The largest absolute Gasteiger partial charge is 0.337 e. The van der Waals surface area contributed by atoms with E-state index in [-0.39, 0.29) is 22.5 Å². The molecule has 1 amide bonds. The Hall–Kier alpha value is -1.13. The van der Waals surface area contributed by atoms with Crippen molar-refractivity contribution in [2.75, 3.05) is 13.1 Å². The van der Waals surface area contributed by atoms with E-state index in [4.69, 9.17) is 17.3 Å². The number of hydrogen-bond donors (Lipinski definition) is 1. The Kier molecular flexibility index (Phi) is 3.64. The standard InChI is InChI=1S/C12H14ClFN2O/c13-9-4-1-5-10(14)11(9)12(17)16-6-2-3-8(15)7-16/h1,4-5,8H,2-3,6-7,15H2/t8-/m0/s1. The van der Waals surface area contributed by atoms with Crippen LogP contribution in [0.1, 0.15) is 23.2 Å². The van der Waals surface area contributed by atoms with Crippen molar-refractivity contribution in [2.45, 2.75) is 18.9 Å². The molecule has 0 aromatic heterocycles. The topological polar surface area (TPSA) is 46.3 Å². The minimum absolute atomic E-state index is 0.0294. The maximum Gasteiger partial charge on any atom is 0.258 e. The van der Waals surface area contributed by atoms with Gasteiger partial charge in [-0.15, -0.1) is 0 Å². The summed E-state index contributed by atoms with van der Waals surface area (Å²) in [7, 11) is 0. The van der Waals surface area contributed by atoms with Crippen LogP contribution in [0.5, 0.6) is 0 Å². The smallest absolute Gasteiger partial charge is 0.258 e. The molecule has 1 aliphatic heterocycles. The summed E-state index contributed by atoms with van der Waals surface area (Å²) < 4.78 is 13.6. The molecule has 5 heteroatoms. The van der Waals surface area contributed by atoms with Gasteiger partial charge in [0.15, 0.2) is 0 Å². The van der Waals surface area contributed by atoms with Gasteiger partial charge in [-0.2, -0.15) is 0 Å². The molecule has 2 N–H and O–H groups in total. The molecule has 0 saturated carbocycles. The molecule has 0 radical (unpaired) electrons. The molecule has 1 aromatic carbocycles. The lowest BCUT2D eigenvalue weighted by molar-refractivity contribution is 0.0704. The molecule has 3 nitrogen and oxygen atoms in total. The summed E-state index contributed by atoms with van der Waals surface area (Å²) in [5.41, 5.74) is 5.74. The van der Waals surface area contributed by atoms with Gasteiger partial charge in [0.25, 0.3) is 5.91 Å². The highest BCUT2D eigenvalue weighted by Gasteiger charge is 2.25. The van der Waals surface area contributed by atoms with Crippen molar-refractivity contribution in [3.8, 4) is 0 Å². The molecule has 92 valence electrons. The summed E-state index contributed by atoms with van der Waals surface area (Å²) in [4.78, 5) is 13.7. The monoisotopic (exact) mass is 256 g/mol. The average molecular weight is 257 g/mol. The number of carbonyl (C=O) groups excluding carboxylic acids is 1. The second-order valence-electron chi connectivity index (χ2n) is 4.25. The molecule has 0 spiro atoms. The minimum atomic E-state index is -0.582. The van der Waals surface area contributed by atoms with Crippen LogP contribution in [0.15, 0.2) is 18.2 Å². The molecule has 1 fully saturated rings. The van der Waals surface area contributed by atoms with Crippen LogP contribution in [-0.2, 0) is 0 Å². The number of amides is 1. The fourth-order valence-corrected chi connectivity index (χ4v) is 2.30. The van der Waals surface area contributed by atoms with Crippen molar-refractivity contribution < 1.29 is 9.18 Å². The van der Waals surface area contributed by atoms with Gasteiger partial charge in [-0.05, 0) is 25.0 Å². The Morgan fingerprint density at radius 2 is 2.29 bits per heavy atom. The molecule has 17 heavy (non-hydrogen) atoms. The van der Waals surface area contributed by atoms with Crippen LogP contribution in [0, 0.1) is 5.82 Å². The predicted octanol–water partition coefficient (Wildman–Crippen LogP) is 2.04. The molecule has 0 unspecified atom stereocenters. The van der Waals surface area contributed by atoms with Gasteiger partial charge >= 0.3 is 0 Å². The lowest BCUT2D eigenvalue weighted by atomic mass is 10.1. The number of piperidine rings is 1. The fraction of sp³-hybridized carbons (Fsp3) is 0.417. The second kappa shape index (κ2) is 5.02. The highest BCUT2D eigenvalue weighted by atomic mass is 35.5. The summed E-state index contributed by atoms with van der Waals surface area (Å²) in [6.07, 6.45) is 1.74. The van der Waals surface area contributed by atoms with Gasteiger partial charge in [0.2, 0.25) is 0 Å². The molecule has 1 saturated heterocycles. The molecule has 2 rings (SSSR count). The van der Waals surface area contributed by atoms with Gasteiger partial charge in [-0.3, -0.25) is 4.79 Å². The Labute approximate surface area is 104 Å². The zero-order chi connectivity index (χ0) is 12.4. The van der Waals surface area contributed by atoms with E-state index in [9.17, 15) is 9.18 Å². The van der Waals surface area contributed by atoms with Crippen LogP contribution in [0.25, 0.3) is 0 Å². The maximum absolute atomic E-state index is 13.6. The molecular weight excluding hydrogens is 243 g/mol. The number of likely N-dealkylation sites (tertiary alicyclic amines) is 1. The Morgan fingerprint density at radius 3 is 2.94 bits per heavy atom. The van der Waals surface area contributed by atoms with Gasteiger partial charge in [0.1, 0.15) is 5.82 Å². The van der Waals surface area contributed by atoms with Crippen LogP contribution in [-0.4, -0.2) is 29.9 Å². The average Bonchev–Trinajstić information content (AvgIpc) is 2.28. The first-order valence-electron chi connectivity index (χ1n) is 5.58. The van der Waals surface area contributed by atoms with Gasteiger partial charge in [-0.1, -0.05) is 17.7 Å². The third kappa shape index (κ3) is 2.58. The van der Waals surface area contributed by atoms with E-state index in [1.165, 1.54) is 18.2 Å². The Morgan fingerprint density at radius 1 is 1.53 bits per heavy atom. The lowest BCUT2D eigenvalue weighted by Gasteiger charge is -2.31. The van der Waals surface area contributed by atoms with E-state index < -0.39 is 5.82 Å². The number of carbonyl (C=O) groups is 1. The number of halogens is 2. The van der Waals surface area contributed by atoms with Crippen LogP contribution < -0.4 is 5.73 Å². The first-order valence-corrected chi connectivity index (χ1v) is 5.96. The van der Waals surface area contributed by atoms with Crippen molar-refractivity contribution in [1.82, 2.24) is 4.90 Å². The molecule has 1 heterocycles.